The normalized spacial score (nSPS) is 11.7. The third-order valence-electron chi connectivity index (χ3n) is 4.54. The number of anilines is 1. The fraction of sp³-hybridized carbons (Fsp3) is 0.0833. The van der Waals surface area contributed by atoms with Crippen LogP contribution in [0.15, 0.2) is 69.1 Å². The Kier molecular flexibility index (Phi) is 8.89. The standard InChI is InChI=1S/C24H13Br2Cl2F3N2O2/c25-17-7-14(22(20(26)9-17)35-12-13-4-5-18(27)10-21(13)28)6-15(11-32)23(34)33-19-3-1-2-16(8-19)24(29,30)31/h1-10H,12H2,(H,33,34)/b15-6+. The minimum atomic E-state index is -4.57. The molecule has 0 unspecified atom stereocenters. The highest BCUT2D eigenvalue weighted by molar-refractivity contribution is 9.11. The number of carbonyl (C=O) groups excluding carboxylic acids is 1. The summed E-state index contributed by atoms with van der Waals surface area (Å²) in [6.45, 7) is 0.0649. The van der Waals surface area contributed by atoms with E-state index >= 15 is 0 Å². The van der Waals surface area contributed by atoms with Crippen molar-refractivity contribution in [1.82, 2.24) is 0 Å². The number of nitriles is 1. The molecule has 0 bridgehead atoms. The van der Waals surface area contributed by atoms with Gasteiger partial charge >= 0.3 is 6.18 Å². The van der Waals surface area contributed by atoms with Crippen LogP contribution in [0, 0.1) is 11.3 Å². The fourth-order valence-electron chi connectivity index (χ4n) is 2.90. The molecule has 0 heterocycles. The van der Waals surface area contributed by atoms with E-state index in [1.165, 1.54) is 12.1 Å². The Hall–Kier alpha value is -2.51. The lowest BCUT2D eigenvalue weighted by atomic mass is 10.1. The number of rotatable bonds is 6. The average Bonchev–Trinajstić information content (AvgIpc) is 2.77. The van der Waals surface area contributed by atoms with Crippen molar-refractivity contribution < 1.29 is 22.7 Å². The van der Waals surface area contributed by atoms with Gasteiger partial charge in [0.05, 0.1) is 10.0 Å². The van der Waals surface area contributed by atoms with Crippen molar-refractivity contribution in [2.24, 2.45) is 0 Å². The highest BCUT2D eigenvalue weighted by atomic mass is 79.9. The van der Waals surface area contributed by atoms with Crippen LogP contribution in [0.4, 0.5) is 18.9 Å². The van der Waals surface area contributed by atoms with Gasteiger partial charge in [-0.05, 0) is 64.5 Å². The lowest BCUT2D eigenvalue weighted by molar-refractivity contribution is -0.137. The van der Waals surface area contributed by atoms with Crippen molar-refractivity contribution in [2.75, 3.05) is 5.32 Å². The molecule has 0 aliphatic heterocycles. The van der Waals surface area contributed by atoms with E-state index in [9.17, 15) is 23.2 Å². The van der Waals surface area contributed by atoms with E-state index in [4.69, 9.17) is 27.9 Å². The lowest BCUT2D eigenvalue weighted by Crippen LogP contribution is -2.14. The Balaban J connectivity index is 1.90. The molecule has 0 atom stereocenters. The van der Waals surface area contributed by atoms with Crippen molar-refractivity contribution in [3.63, 3.8) is 0 Å². The molecule has 0 fully saturated rings. The van der Waals surface area contributed by atoms with Crippen molar-refractivity contribution in [3.05, 3.63) is 95.9 Å². The van der Waals surface area contributed by atoms with Crippen LogP contribution in [-0.4, -0.2) is 5.91 Å². The molecule has 0 aromatic heterocycles. The van der Waals surface area contributed by atoms with Gasteiger partial charge in [0.15, 0.2) is 0 Å². The molecule has 0 aliphatic rings. The summed E-state index contributed by atoms with van der Waals surface area (Å²) in [4.78, 5) is 12.7. The first-order valence-electron chi connectivity index (χ1n) is 9.64. The minimum absolute atomic E-state index is 0.0649. The van der Waals surface area contributed by atoms with Gasteiger partial charge in [-0.15, -0.1) is 0 Å². The minimum Gasteiger partial charge on any atom is -0.487 e. The maximum atomic E-state index is 13.0. The van der Waals surface area contributed by atoms with Crippen LogP contribution in [0.2, 0.25) is 10.0 Å². The first kappa shape index (κ1) is 27.1. The van der Waals surface area contributed by atoms with Crippen molar-refractivity contribution in [3.8, 4) is 11.8 Å². The smallest absolute Gasteiger partial charge is 0.416 e. The highest BCUT2D eigenvalue weighted by Gasteiger charge is 2.30. The topological polar surface area (TPSA) is 62.1 Å². The third-order valence-corrected chi connectivity index (χ3v) is 6.17. The van der Waals surface area contributed by atoms with Crippen LogP contribution >= 0.6 is 55.1 Å². The summed E-state index contributed by atoms with van der Waals surface area (Å²) < 4.78 is 46.0. The van der Waals surface area contributed by atoms with Crippen LogP contribution < -0.4 is 10.1 Å². The van der Waals surface area contributed by atoms with Crippen molar-refractivity contribution in [2.45, 2.75) is 12.8 Å². The zero-order valence-corrected chi connectivity index (χ0v) is 22.1. The first-order valence-corrected chi connectivity index (χ1v) is 12.0. The number of alkyl halides is 3. The van der Waals surface area contributed by atoms with Gasteiger partial charge in [0.1, 0.15) is 24.0 Å². The number of nitrogens with zero attached hydrogens (tertiary/aromatic N) is 1. The Labute approximate surface area is 225 Å². The summed E-state index contributed by atoms with van der Waals surface area (Å²) >= 11 is 18.9. The van der Waals surface area contributed by atoms with Gasteiger partial charge in [-0.2, -0.15) is 18.4 Å². The molecule has 3 aromatic carbocycles. The zero-order chi connectivity index (χ0) is 25.8. The number of amides is 1. The number of ether oxygens (including phenoxy) is 1. The average molecular weight is 649 g/mol. The first-order chi connectivity index (χ1) is 16.5. The number of halogens is 7. The zero-order valence-electron chi connectivity index (χ0n) is 17.4. The molecule has 0 radical (unpaired) electrons. The SMILES string of the molecule is N#C/C(=C\c1cc(Br)cc(Br)c1OCc1ccc(Cl)cc1Cl)C(=O)Nc1cccc(C(F)(F)F)c1. The van der Waals surface area contributed by atoms with Gasteiger partial charge in [-0.1, -0.05) is 51.3 Å². The van der Waals surface area contributed by atoms with Crippen LogP contribution in [-0.2, 0) is 17.6 Å². The number of carbonyl (C=O) groups is 1. The quantitative estimate of drug-likeness (QED) is 0.215. The summed E-state index contributed by atoms with van der Waals surface area (Å²) in [7, 11) is 0. The van der Waals surface area contributed by atoms with E-state index in [1.54, 1.807) is 36.4 Å². The van der Waals surface area contributed by atoms with E-state index in [-0.39, 0.29) is 17.9 Å². The molecular formula is C24H13Br2Cl2F3N2O2. The number of hydrogen-bond donors (Lipinski definition) is 1. The Morgan fingerprint density at radius 1 is 1.11 bits per heavy atom. The van der Waals surface area contributed by atoms with Crippen LogP contribution in [0.1, 0.15) is 16.7 Å². The predicted octanol–water partition coefficient (Wildman–Crippen LogP) is 8.66. The van der Waals surface area contributed by atoms with Gasteiger partial charge in [-0.25, -0.2) is 0 Å². The summed E-state index contributed by atoms with van der Waals surface area (Å²) in [5.74, 6) is -0.562. The second-order valence-corrected chi connectivity index (χ2v) is 9.65. The van der Waals surface area contributed by atoms with E-state index in [2.05, 4.69) is 37.2 Å². The summed E-state index contributed by atoms with van der Waals surface area (Å²) in [5, 5.41) is 12.8. The molecule has 4 nitrogen and oxygen atoms in total. The largest absolute Gasteiger partial charge is 0.487 e. The monoisotopic (exact) mass is 646 g/mol. The second-order valence-electron chi connectivity index (χ2n) is 7.03. The maximum absolute atomic E-state index is 13.0. The van der Waals surface area contributed by atoms with E-state index in [0.717, 1.165) is 18.2 Å². The van der Waals surface area contributed by atoms with E-state index in [0.29, 0.717) is 35.9 Å². The fourth-order valence-corrected chi connectivity index (χ4v) is 4.74. The lowest BCUT2D eigenvalue weighted by Gasteiger charge is -2.14. The molecular weight excluding hydrogens is 636 g/mol. The molecule has 3 rings (SSSR count). The Bertz CT molecular complexity index is 1360. The summed E-state index contributed by atoms with van der Waals surface area (Å²) in [5.41, 5.74) is -0.349. The van der Waals surface area contributed by atoms with E-state index in [1.807, 2.05) is 0 Å². The third kappa shape index (κ3) is 7.24. The molecule has 3 aromatic rings. The van der Waals surface area contributed by atoms with E-state index < -0.39 is 17.6 Å². The van der Waals surface area contributed by atoms with Crippen LogP contribution in [0.5, 0.6) is 5.75 Å². The number of nitrogens with one attached hydrogen (secondary N) is 1. The van der Waals surface area contributed by atoms with Gasteiger partial charge < -0.3 is 10.1 Å². The van der Waals surface area contributed by atoms with Gasteiger partial charge in [0.25, 0.3) is 5.91 Å². The Morgan fingerprint density at radius 3 is 2.51 bits per heavy atom. The number of benzene rings is 3. The molecule has 11 heteroatoms. The van der Waals surface area contributed by atoms with Gasteiger partial charge in [0, 0.05) is 31.3 Å². The molecule has 35 heavy (non-hydrogen) atoms. The molecule has 0 spiro atoms. The maximum Gasteiger partial charge on any atom is 0.416 e. The molecule has 1 N–H and O–H groups in total. The van der Waals surface area contributed by atoms with Crippen LogP contribution in [0.3, 0.4) is 0 Å². The second kappa shape index (κ2) is 11.5. The molecule has 0 saturated carbocycles. The Morgan fingerprint density at radius 2 is 1.86 bits per heavy atom. The van der Waals surface area contributed by atoms with Crippen molar-refractivity contribution in [1.29, 1.82) is 5.26 Å². The molecule has 180 valence electrons. The van der Waals surface area contributed by atoms with Crippen molar-refractivity contribution >= 4 is 72.7 Å². The summed E-state index contributed by atoms with van der Waals surface area (Å²) in [6, 6.07) is 14.2. The molecule has 0 aliphatic carbocycles. The highest BCUT2D eigenvalue weighted by Crippen LogP contribution is 2.36. The number of hydrogen-bond acceptors (Lipinski definition) is 3. The van der Waals surface area contributed by atoms with Crippen LogP contribution in [0.25, 0.3) is 6.08 Å². The molecule has 0 saturated heterocycles. The molecule has 1 amide bonds. The predicted molar refractivity (Wildman–Crippen MR) is 136 cm³/mol. The van der Waals surface area contributed by atoms with Gasteiger partial charge in [-0.3, -0.25) is 4.79 Å². The summed E-state index contributed by atoms with van der Waals surface area (Å²) in [6.07, 6.45) is -3.30. The van der Waals surface area contributed by atoms with Gasteiger partial charge in [0.2, 0.25) is 0 Å².